The van der Waals surface area contributed by atoms with E-state index in [0.29, 0.717) is 23.2 Å². The molecular formula is C11H9ClN4O2. The van der Waals surface area contributed by atoms with Crippen LogP contribution in [0, 0.1) is 0 Å². The number of hydrogen-bond donors (Lipinski definition) is 2. The fraction of sp³-hybridized carbons (Fsp3) is 0.0909. The average Bonchev–Trinajstić information content (AvgIpc) is 2.38. The maximum Gasteiger partial charge on any atom is 0.335 e. The normalized spacial score (nSPS) is 10.1. The van der Waals surface area contributed by atoms with Crippen molar-refractivity contribution >= 4 is 23.4 Å². The molecule has 0 unspecified atom stereocenters. The van der Waals surface area contributed by atoms with Crippen molar-refractivity contribution in [3.63, 3.8) is 0 Å². The number of anilines is 1. The summed E-state index contributed by atoms with van der Waals surface area (Å²) in [6.45, 7) is 0.359. The third kappa shape index (κ3) is 3.14. The molecule has 2 heterocycles. The summed E-state index contributed by atoms with van der Waals surface area (Å²) in [6, 6.07) is 6.22. The van der Waals surface area contributed by atoms with Gasteiger partial charge in [-0.1, -0.05) is 11.6 Å². The lowest BCUT2D eigenvalue weighted by Gasteiger charge is -2.04. The van der Waals surface area contributed by atoms with Gasteiger partial charge in [0.15, 0.2) is 5.15 Å². The maximum absolute atomic E-state index is 10.8. The summed E-state index contributed by atoms with van der Waals surface area (Å²) in [5.74, 6) is -0.438. The zero-order valence-electron chi connectivity index (χ0n) is 9.17. The Labute approximate surface area is 108 Å². The van der Waals surface area contributed by atoms with Crippen LogP contribution < -0.4 is 5.32 Å². The second-order valence-corrected chi connectivity index (χ2v) is 3.82. The van der Waals surface area contributed by atoms with Gasteiger partial charge < -0.3 is 10.4 Å². The number of nitrogens with one attached hydrogen (secondary N) is 1. The van der Waals surface area contributed by atoms with Gasteiger partial charge in [-0.15, -0.1) is 10.2 Å². The van der Waals surface area contributed by atoms with Crippen molar-refractivity contribution in [3.05, 3.63) is 46.9 Å². The van der Waals surface area contributed by atoms with Crippen LogP contribution >= 0.6 is 11.6 Å². The van der Waals surface area contributed by atoms with Crippen molar-refractivity contribution in [1.82, 2.24) is 15.2 Å². The van der Waals surface area contributed by atoms with Crippen LogP contribution in [-0.2, 0) is 6.54 Å². The summed E-state index contributed by atoms with van der Waals surface area (Å²) in [6.07, 6.45) is 1.45. The Morgan fingerprint density at radius 3 is 2.83 bits per heavy atom. The van der Waals surface area contributed by atoms with Gasteiger partial charge in [0.25, 0.3) is 0 Å². The van der Waals surface area contributed by atoms with E-state index in [1.165, 1.54) is 18.3 Å². The topological polar surface area (TPSA) is 88.0 Å². The first kappa shape index (κ1) is 12.3. The molecule has 2 aromatic heterocycles. The van der Waals surface area contributed by atoms with Crippen LogP contribution in [0.2, 0.25) is 5.15 Å². The summed E-state index contributed by atoms with van der Waals surface area (Å²) < 4.78 is 0. The van der Waals surface area contributed by atoms with E-state index >= 15 is 0 Å². The minimum absolute atomic E-state index is 0.198. The lowest BCUT2D eigenvalue weighted by molar-refractivity contribution is 0.0696. The molecule has 92 valence electrons. The van der Waals surface area contributed by atoms with E-state index < -0.39 is 5.97 Å². The second kappa shape index (κ2) is 5.42. The van der Waals surface area contributed by atoms with E-state index in [1.807, 2.05) is 0 Å². The summed E-state index contributed by atoms with van der Waals surface area (Å²) in [5, 5.41) is 19.6. The van der Waals surface area contributed by atoms with Gasteiger partial charge in [0.1, 0.15) is 5.82 Å². The van der Waals surface area contributed by atoms with Crippen LogP contribution in [0.4, 0.5) is 5.82 Å². The molecule has 7 heteroatoms. The number of rotatable bonds is 4. The highest BCUT2D eigenvalue weighted by Gasteiger charge is 2.04. The summed E-state index contributed by atoms with van der Waals surface area (Å²) in [4.78, 5) is 14.8. The molecule has 2 rings (SSSR count). The third-order valence-corrected chi connectivity index (χ3v) is 2.35. The minimum atomic E-state index is -0.982. The van der Waals surface area contributed by atoms with Gasteiger partial charge in [0.05, 0.1) is 17.8 Å². The lowest BCUT2D eigenvalue weighted by Crippen LogP contribution is -2.05. The molecule has 0 fully saturated rings. The molecule has 0 aliphatic carbocycles. The Bertz CT molecular complexity index is 559. The first-order chi connectivity index (χ1) is 8.65. The highest BCUT2D eigenvalue weighted by molar-refractivity contribution is 6.29. The van der Waals surface area contributed by atoms with Gasteiger partial charge >= 0.3 is 5.97 Å². The Morgan fingerprint density at radius 2 is 2.17 bits per heavy atom. The predicted octanol–water partition coefficient (Wildman–Crippen LogP) is 1.84. The molecule has 0 aliphatic rings. The van der Waals surface area contributed by atoms with Crippen LogP contribution in [0.1, 0.15) is 16.1 Å². The monoisotopic (exact) mass is 264 g/mol. The molecule has 6 nitrogen and oxygen atoms in total. The number of carbonyl (C=O) groups is 1. The summed E-state index contributed by atoms with van der Waals surface area (Å²) >= 11 is 5.61. The second-order valence-electron chi connectivity index (χ2n) is 3.44. The van der Waals surface area contributed by atoms with Crippen molar-refractivity contribution in [2.75, 3.05) is 5.32 Å². The fourth-order valence-electron chi connectivity index (χ4n) is 1.30. The number of halogens is 1. The Kier molecular flexibility index (Phi) is 3.69. The number of aromatic nitrogens is 3. The van der Waals surface area contributed by atoms with Gasteiger partial charge in [-0.25, -0.2) is 4.79 Å². The molecule has 0 saturated heterocycles. The number of nitrogens with zero attached hydrogens (tertiary/aromatic N) is 3. The Balaban J connectivity index is 2.04. The van der Waals surface area contributed by atoms with Crippen LogP contribution in [0.3, 0.4) is 0 Å². The van der Waals surface area contributed by atoms with Gasteiger partial charge in [-0.2, -0.15) is 0 Å². The SMILES string of the molecule is O=C(O)c1ccnc(CNc2ccc(Cl)nn2)c1. The van der Waals surface area contributed by atoms with E-state index in [9.17, 15) is 4.79 Å². The number of carboxylic acid groups (broad SMARTS) is 1. The van der Waals surface area contributed by atoms with Gasteiger partial charge in [0.2, 0.25) is 0 Å². The van der Waals surface area contributed by atoms with E-state index in [1.54, 1.807) is 12.1 Å². The van der Waals surface area contributed by atoms with Crippen LogP contribution in [0.25, 0.3) is 0 Å². The van der Waals surface area contributed by atoms with Crippen molar-refractivity contribution in [1.29, 1.82) is 0 Å². The van der Waals surface area contributed by atoms with Crippen LogP contribution in [0.5, 0.6) is 0 Å². The quantitative estimate of drug-likeness (QED) is 0.876. The summed E-state index contributed by atoms with van der Waals surface area (Å²) in [5.41, 5.74) is 0.802. The lowest BCUT2D eigenvalue weighted by atomic mass is 10.2. The number of aromatic carboxylic acids is 1. The Morgan fingerprint density at radius 1 is 1.33 bits per heavy atom. The van der Waals surface area contributed by atoms with E-state index in [2.05, 4.69) is 20.5 Å². The number of hydrogen-bond acceptors (Lipinski definition) is 5. The molecule has 0 aliphatic heterocycles. The van der Waals surface area contributed by atoms with Gasteiger partial charge in [0, 0.05) is 6.20 Å². The smallest absolute Gasteiger partial charge is 0.335 e. The van der Waals surface area contributed by atoms with E-state index in [4.69, 9.17) is 16.7 Å². The Hall–Kier alpha value is -2.21. The average molecular weight is 265 g/mol. The molecule has 0 saturated carbocycles. The van der Waals surface area contributed by atoms with Crippen molar-refractivity contribution in [3.8, 4) is 0 Å². The standard InChI is InChI=1S/C11H9ClN4O2/c12-9-1-2-10(16-15-9)14-6-8-5-7(11(17)18)3-4-13-8/h1-5H,6H2,(H,14,16)(H,17,18). The third-order valence-electron chi connectivity index (χ3n) is 2.15. The minimum Gasteiger partial charge on any atom is -0.478 e. The first-order valence-electron chi connectivity index (χ1n) is 5.06. The van der Waals surface area contributed by atoms with Gasteiger partial charge in [-0.3, -0.25) is 4.98 Å². The largest absolute Gasteiger partial charge is 0.478 e. The number of carboxylic acids is 1. The molecular weight excluding hydrogens is 256 g/mol. The molecule has 0 atom stereocenters. The molecule has 2 aromatic rings. The van der Waals surface area contributed by atoms with Crippen molar-refractivity contribution in [2.24, 2.45) is 0 Å². The molecule has 0 radical (unpaired) electrons. The van der Waals surface area contributed by atoms with Crippen molar-refractivity contribution in [2.45, 2.75) is 6.54 Å². The molecule has 0 spiro atoms. The molecule has 0 aromatic carbocycles. The van der Waals surface area contributed by atoms with Gasteiger partial charge in [-0.05, 0) is 24.3 Å². The highest BCUT2D eigenvalue weighted by Crippen LogP contribution is 2.08. The first-order valence-corrected chi connectivity index (χ1v) is 5.44. The van der Waals surface area contributed by atoms with Crippen LogP contribution in [0.15, 0.2) is 30.5 Å². The molecule has 0 amide bonds. The van der Waals surface area contributed by atoms with Crippen molar-refractivity contribution < 1.29 is 9.90 Å². The van der Waals surface area contributed by atoms with E-state index in [-0.39, 0.29) is 5.56 Å². The molecule has 2 N–H and O–H groups in total. The molecule has 0 bridgehead atoms. The maximum atomic E-state index is 10.8. The predicted molar refractivity (Wildman–Crippen MR) is 65.6 cm³/mol. The van der Waals surface area contributed by atoms with E-state index in [0.717, 1.165) is 0 Å². The zero-order chi connectivity index (χ0) is 13.0. The highest BCUT2D eigenvalue weighted by atomic mass is 35.5. The van der Waals surface area contributed by atoms with Crippen LogP contribution in [-0.4, -0.2) is 26.3 Å². The zero-order valence-corrected chi connectivity index (χ0v) is 9.92. The fourth-order valence-corrected chi connectivity index (χ4v) is 1.40. The molecule has 18 heavy (non-hydrogen) atoms. The number of pyridine rings is 1. The summed E-state index contributed by atoms with van der Waals surface area (Å²) in [7, 11) is 0.